The van der Waals surface area contributed by atoms with Gasteiger partial charge in [0.05, 0.1) is 5.92 Å². The zero-order valence-electron chi connectivity index (χ0n) is 11.1. The molecule has 1 spiro atoms. The molecule has 1 heterocycles. The fourth-order valence-corrected chi connectivity index (χ4v) is 3.49. The van der Waals surface area contributed by atoms with Crippen LogP contribution < -0.4 is 0 Å². The predicted octanol–water partition coefficient (Wildman–Crippen LogP) is 2.57. The van der Waals surface area contributed by atoms with Gasteiger partial charge in [-0.2, -0.15) is 13.2 Å². The summed E-state index contributed by atoms with van der Waals surface area (Å²) in [6.45, 7) is 0.121. The Morgan fingerprint density at radius 2 is 1.70 bits per heavy atom. The lowest BCUT2D eigenvalue weighted by molar-refractivity contribution is -0.196. The molecule has 4 nitrogen and oxygen atoms in total. The van der Waals surface area contributed by atoms with Gasteiger partial charge in [0, 0.05) is 12.1 Å². The molecule has 0 unspecified atom stereocenters. The quantitative estimate of drug-likeness (QED) is 0.808. The van der Waals surface area contributed by atoms with Crippen molar-refractivity contribution in [3.05, 3.63) is 0 Å². The third-order valence-electron chi connectivity index (χ3n) is 4.60. The zero-order valence-corrected chi connectivity index (χ0v) is 11.1. The summed E-state index contributed by atoms with van der Waals surface area (Å²) in [6.07, 6.45) is -1.55. The summed E-state index contributed by atoms with van der Waals surface area (Å²) in [7, 11) is 0. The summed E-state index contributed by atoms with van der Waals surface area (Å²) in [4.78, 5) is 23.5. The van der Waals surface area contributed by atoms with Gasteiger partial charge in [0.25, 0.3) is 0 Å². The number of rotatable bonds is 1. The highest BCUT2D eigenvalue weighted by Crippen LogP contribution is 2.43. The predicted molar refractivity (Wildman–Crippen MR) is 63.9 cm³/mol. The first-order valence-corrected chi connectivity index (χ1v) is 6.88. The Hall–Kier alpha value is -1.27. The number of piperidine rings is 1. The maximum atomic E-state index is 12.7. The molecule has 1 aliphatic heterocycles. The average molecular weight is 293 g/mol. The summed E-state index contributed by atoms with van der Waals surface area (Å²) in [5.74, 6) is -3.17. The van der Waals surface area contributed by atoms with E-state index in [2.05, 4.69) is 0 Å². The van der Waals surface area contributed by atoms with Crippen LogP contribution in [0.3, 0.4) is 0 Å². The van der Waals surface area contributed by atoms with Crippen LogP contribution in [0, 0.1) is 5.92 Å². The molecule has 20 heavy (non-hydrogen) atoms. The number of likely N-dealkylation sites (tertiary alicyclic amines) is 1. The molecule has 1 amide bonds. The number of carboxylic acid groups (broad SMARTS) is 1. The molecule has 2 fully saturated rings. The molecular formula is C13H18F3NO3. The van der Waals surface area contributed by atoms with Gasteiger partial charge < -0.3 is 10.0 Å². The highest BCUT2D eigenvalue weighted by Gasteiger charge is 2.52. The van der Waals surface area contributed by atoms with Gasteiger partial charge in [-0.05, 0) is 44.9 Å². The van der Waals surface area contributed by atoms with Crippen LogP contribution in [0.5, 0.6) is 0 Å². The number of amides is 1. The van der Waals surface area contributed by atoms with Crippen molar-refractivity contribution in [2.24, 2.45) is 5.92 Å². The van der Waals surface area contributed by atoms with Crippen LogP contribution in [0.2, 0.25) is 0 Å². The van der Waals surface area contributed by atoms with Gasteiger partial charge in [-0.15, -0.1) is 0 Å². The number of hydrogen-bond acceptors (Lipinski definition) is 2. The maximum Gasteiger partial charge on any atom is 0.471 e. The van der Waals surface area contributed by atoms with Crippen LogP contribution >= 0.6 is 0 Å². The normalized spacial score (nSPS) is 31.4. The number of hydrogen-bond donors (Lipinski definition) is 1. The molecule has 114 valence electrons. The summed E-state index contributed by atoms with van der Waals surface area (Å²) in [6, 6.07) is 0. The highest BCUT2D eigenvalue weighted by molar-refractivity contribution is 5.82. The SMILES string of the molecule is O=C(O)C1CCC2(CCCCN2C(=O)C(F)(F)F)CC1. The topological polar surface area (TPSA) is 57.6 Å². The minimum Gasteiger partial charge on any atom is -0.481 e. The van der Waals surface area contributed by atoms with Crippen LogP contribution in [0.25, 0.3) is 0 Å². The fraction of sp³-hybridized carbons (Fsp3) is 0.846. The number of carbonyl (C=O) groups is 2. The third kappa shape index (κ3) is 2.76. The van der Waals surface area contributed by atoms with E-state index in [0.29, 0.717) is 38.5 Å². The molecule has 1 aliphatic carbocycles. The summed E-state index contributed by atoms with van der Waals surface area (Å²) < 4.78 is 38.1. The average Bonchev–Trinajstić information content (AvgIpc) is 2.38. The Morgan fingerprint density at radius 1 is 1.10 bits per heavy atom. The lowest BCUT2D eigenvalue weighted by atomic mass is 9.71. The monoisotopic (exact) mass is 293 g/mol. The Bertz CT molecular complexity index is 400. The summed E-state index contributed by atoms with van der Waals surface area (Å²) >= 11 is 0. The number of carbonyl (C=O) groups excluding carboxylic acids is 1. The first-order valence-electron chi connectivity index (χ1n) is 6.88. The maximum absolute atomic E-state index is 12.7. The van der Waals surface area contributed by atoms with Gasteiger partial charge in [0.15, 0.2) is 0 Å². The van der Waals surface area contributed by atoms with E-state index in [-0.39, 0.29) is 6.54 Å². The molecule has 1 saturated carbocycles. The molecule has 0 radical (unpaired) electrons. The Balaban J connectivity index is 2.15. The largest absolute Gasteiger partial charge is 0.481 e. The molecule has 0 aromatic rings. The molecule has 1 saturated heterocycles. The van der Waals surface area contributed by atoms with E-state index in [9.17, 15) is 22.8 Å². The standard InChI is InChI=1S/C13H18F3NO3/c14-13(15,16)11(20)17-8-2-1-5-12(17)6-3-9(4-7-12)10(18)19/h9H,1-8H2,(H,18,19). The van der Waals surface area contributed by atoms with Gasteiger partial charge in [-0.3, -0.25) is 9.59 Å². The minimum absolute atomic E-state index is 0.121. The molecule has 1 N–H and O–H groups in total. The second kappa shape index (κ2) is 5.26. The lowest BCUT2D eigenvalue weighted by Crippen LogP contribution is -2.59. The molecule has 0 bridgehead atoms. The van der Waals surface area contributed by atoms with Crippen molar-refractivity contribution >= 4 is 11.9 Å². The van der Waals surface area contributed by atoms with Crippen LogP contribution in [0.15, 0.2) is 0 Å². The number of alkyl halides is 3. The zero-order chi connectivity index (χ0) is 15.0. The smallest absolute Gasteiger partial charge is 0.471 e. The first kappa shape index (κ1) is 15.1. The minimum atomic E-state index is -4.85. The van der Waals surface area contributed by atoms with Crippen molar-refractivity contribution in [2.45, 2.75) is 56.7 Å². The molecule has 2 rings (SSSR count). The van der Waals surface area contributed by atoms with E-state index in [1.165, 1.54) is 0 Å². The molecule has 0 atom stereocenters. The van der Waals surface area contributed by atoms with Gasteiger partial charge in [0.2, 0.25) is 0 Å². The van der Waals surface area contributed by atoms with Crippen LogP contribution in [0.4, 0.5) is 13.2 Å². The van der Waals surface area contributed by atoms with E-state index >= 15 is 0 Å². The number of aliphatic carboxylic acids is 1. The van der Waals surface area contributed by atoms with Crippen LogP contribution in [-0.4, -0.2) is 40.1 Å². The van der Waals surface area contributed by atoms with E-state index in [1.807, 2.05) is 0 Å². The van der Waals surface area contributed by atoms with Gasteiger partial charge >= 0.3 is 18.1 Å². The van der Waals surface area contributed by atoms with Crippen LogP contribution in [-0.2, 0) is 9.59 Å². The van der Waals surface area contributed by atoms with E-state index in [0.717, 1.165) is 11.3 Å². The Labute approximate surface area is 114 Å². The number of carboxylic acids is 1. The van der Waals surface area contributed by atoms with E-state index < -0.39 is 29.5 Å². The second-order valence-corrected chi connectivity index (χ2v) is 5.75. The third-order valence-corrected chi connectivity index (χ3v) is 4.60. The van der Waals surface area contributed by atoms with E-state index in [4.69, 9.17) is 5.11 Å². The van der Waals surface area contributed by atoms with Crippen molar-refractivity contribution in [1.29, 1.82) is 0 Å². The second-order valence-electron chi connectivity index (χ2n) is 5.75. The van der Waals surface area contributed by atoms with Gasteiger partial charge in [0.1, 0.15) is 0 Å². The number of halogens is 3. The van der Waals surface area contributed by atoms with Crippen molar-refractivity contribution in [2.75, 3.05) is 6.54 Å². The Morgan fingerprint density at radius 3 is 2.20 bits per heavy atom. The molecular weight excluding hydrogens is 275 g/mol. The van der Waals surface area contributed by atoms with E-state index in [1.54, 1.807) is 0 Å². The molecule has 2 aliphatic rings. The number of nitrogens with zero attached hydrogens (tertiary/aromatic N) is 1. The van der Waals surface area contributed by atoms with Crippen molar-refractivity contribution in [3.8, 4) is 0 Å². The van der Waals surface area contributed by atoms with Crippen molar-refractivity contribution in [1.82, 2.24) is 4.90 Å². The van der Waals surface area contributed by atoms with Gasteiger partial charge in [-0.25, -0.2) is 0 Å². The molecule has 0 aromatic carbocycles. The van der Waals surface area contributed by atoms with Crippen LogP contribution in [0.1, 0.15) is 44.9 Å². The highest BCUT2D eigenvalue weighted by atomic mass is 19.4. The summed E-state index contributed by atoms with van der Waals surface area (Å²) in [5, 5.41) is 8.97. The Kier molecular flexibility index (Phi) is 3.97. The fourth-order valence-electron chi connectivity index (χ4n) is 3.49. The lowest BCUT2D eigenvalue weighted by Gasteiger charge is -2.50. The summed E-state index contributed by atoms with van der Waals surface area (Å²) in [5.41, 5.74) is -0.781. The van der Waals surface area contributed by atoms with Gasteiger partial charge in [-0.1, -0.05) is 0 Å². The molecule has 7 heteroatoms. The van der Waals surface area contributed by atoms with Crippen molar-refractivity contribution < 1.29 is 27.9 Å². The van der Waals surface area contributed by atoms with Crippen molar-refractivity contribution in [3.63, 3.8) is 0 Å². The first-order chi connectivity index (χ1) is 9.26. The molecule has 0 aromatic heterocycles.